The van der Waals surface area contributed by atoms with Crippen molar-refractivity contribution >= 4 is 24.2 Å². The second-order valence-corrected chi connectivity index (χ2v) is 7.57. The predicted octanol–water partition coefficient (Wildman–Crippen LogP) is 4.36. The first kappa shape index (κ1) is 18.2. The van der Waals surface area contributed by atoms with Gasteiger partial charge in [0.15, 0.2) is 11.6 Å². The maximum Gasteiger partial charge on any atom is 0.496 e. The van der Waals surface area contributed by atoms with E-state index in [0.717, 1.165) is 5.56 Å². The topological polar surface area (TPSA) is 27.7 Å². The molecule has 0 saturated carbocycles. The lowest BCUT2D eigenvalue weighted by Crippen LogP contribution is -2.41. The van der Waals surface area contributed by atoms with E-state index in [-0.39, 0.29) is 12.4 Å². The molecule has 0 aromatic heterocycles. The van der Waals surface area contributed by atoms with Gasteiger partial charge in [0.2, 0.25) is 0 Å². The van der Waals surface area contributed by atoms with Crippen molar-refractivity contribution < 1.29 is 18.4 Å². The fourth-order valence-corrected chi connectivity index (χ4v) is 2.78. The van der Waals surface area contributed by atoms with E-state index in [9.17, 15) is 4.39 Å². The molecule has 2 aromatic carbocycles. The van der Waals surface area contributed by atoms with Crippen molar-refractivity contribution in [3.63, 3.8) is 0 Å². The first-order valence-corrected chi connectivity index (χ1v) is 8.59. The number of ether oxygens (including phenoxy) is 1. The van der Waals surface area contributed by atoms with Gasteiger partial charge in [0.25, 0.3) is 0 Å². The minimum absolute atomic E-state index is 0.106. The molecule has 132 valence electrons. The smallest absolute Gasteiger partial charge is 0.486 e. The number of benzene rings is 2. The molecule has 0 unspecified atom stereocenters. The number of halogens is 2. The van der Waals surface area contributed by atoms with E-state index < -0.39 is 24.1 Å². The highest BCUT2D eigenvalue weighted by Crippen LogP contribution is 2.37. The van der Waals surface area contributed by atoms with Crippen LogP contribution >= 0.6 is 11.6 Å². The van der Waals surface area contributed by atoms with Crippen LogP contribution in [0.3, 0.4) is 0 Å². The Kier molecular flexibility index (Phi) is 4.84. The van der Waals surface area contributed by atoms with E-state index in [1.807, 2.05) is 58.0 Å². The Morgan fingerprint density at radius 2 is 1.64 bits per heavy atom. The van der Waals surface area contributed by atoms with Crippen LogP contribution in [0.25, 0.3) is 0 Å². The first-order chi connectivity index (χ1) is 11.7. The summed E-state index contributed by atoms with van der Waals surface area (Å²) in [4.78, 5) is 0. The van der Waals surface area contributed by atoms with Crippen molar-refractivity contribution in [1.29, 1.82) is 0 Å². The SMILES string of the molecule is CC1(C)OB(c2cc(F)c(OCc3ccccc3)cc2Cl)OC1(C)C. The molecule has 2 aromatic rings. The summed E-state index contributed by atoms with van der Waals surface area (Å²) < 4.78 is 31.9. The molecule has 0 amide bonds. The molecule has 1 fully saturated rings. The quantitative estimate of drug-likeness (QED) is 0.757. The molecule has 1 aliphatic rings. The summed E-state index contributed by atoms with van der Waals surface area (Å²) >= 11 is 6.34. The van der Waals surface area contributed by atoms with Crippen LogP contribution in [0, 0.1) is 5.82 Å². The third-order valence-electron chi connectivity index (χ3n) is 4.80. The van der Waals surface area contributed by atoms with Crippen molar-refractivity contribution in [3.05, 3.63) is 58.9 Å². The maximum atomic E-state index is 14.5. The van der Waals surface area contributed by atoms with Gasteiger partial charge in [0.05, 0.1) is 11.2 Å². The van der Waals surface area contributed by atoms with Crippen LogP contribution < -0.4 is 10.2 Å². The van der Waals surface area contributed by atoms with Crippen LogP contribution in [-0.4, -0.2) is 18.3 Å². The Bertz CT molecular complexity index is 749. The molecule has 0 atom stereocenters. The van der Waals surface area contributed by atoms with Crippen molar-refractivity contribution in [2.75, 3.05) is 0 Å². The molecule has 3 rings (SSSR count). The Labute approximate surface area is 153 Å². The Hall–Kier alpha value is -1.56. The van der Waals surface area contributed by atoms with Crippen LogP contribution in [0.4, 0.5) is 4.39 Å². The number of hydrogen-bond acceptors (Lipinski definition) is 3. The highest BCUT2D eigenvalue weighted by Gasteiger charge is 2.52. The maximum absolute atomic E-state index is 14.5. The molecule has 0 N–H and O–H groups in total. The average molecular weight is 363 g/mol. The van der Waals surface area contributed by atoms with Crippen molar-refractivity contribution in [2.24, 2.45) is 0 Å². The highest BCUT2D eigenvalue weighted by molar-refractivity contribution is 6.65. The van der Waals surface area contributed by atoms with Crippen LogP contribution in [-0.2, 0) is 15.9 Å². The molecular formula is C19H21BClFO3. The highest BCUT2D eigenvalue weighted by atomic mass is 35.5. The minimum atomic E-state index is -0.713. The number of rotatable bonds is 4. The Morgan fingerprint density at radius 1 is 1.04 bits per heavy atom. The molecule has 0 bridgehead atoms. The summed E-state index contributed by atoms with van der Waals surface area (Å²) in [6.07, 6.45) is 0. The van der Waals surface area contributed by atoms with Gasteiger partial charge in [0.1, 0.15) is 6.61 Å². The molecule has 1 heterocycles. The third-order valence-corrected chi connectivity index (χ3v) is 5.12. The van der Waals surface area contributed by atoms with Gasteiger partial charge in [-0.15, -0.1) is 0 Å². The van der Waals surface area contributed by atoms with Crippen molar-refractivity contribution in [3.8, 4) is 5.75 Å². The lowest BCUT2D eigenvalue weighted by molar-refractivity contribution is 0.00578. The monoisotopic (exact) mass is 362 g/mol. The fourth-order valence-electron chi connectivity index (χ4n) is 2.54. The van der Waals surface area contributed by atoms with Crippen LogP contribution in [0.2, 0.25) is 5.02 Å². The van der Waals surface area contributed by atoms with Crippen LogP contribution in [0.5, 0.6) is 5.75 Å². The van der Waals surface area contributed by atoms with Crippen molar-refractivity contribution in [2.45, 2.75) is 45.5 Å². The van der Waals surface area contributed by atoms with E-state index in [1.54, 1.807) is 0 Å². The fraction of sp³-hybridized carbons (Fsp3) is 0.368. The largest absolute Gasteiger partial charge is 0.496 e. The summed E-state index contributed by atoms with van der Waals surface area (Å²) in [5.74, 6) is -0.390. The zero-order valence-electron chi connectivity index (χ0n) is 14.8. The summed E-state index contributed by atoms with van der Waals surface area (Å²) in [5, 5.41) is 0.350. The van der Waals surface area contributed by atoms with Crippen LogP contribution in [0.1, 0.15) is 33.3 Å². The summed E-state index contributed by atoms with van der Waals surface area (Å²) in [6, 6.07) is 12.4. The third kappa shape index (κ3) is 3.69. The molecule has 0 spiro atoms. The van der Waals surface area contributed by atoms with Gasteiger partial charge in [-0.05, 0) is 39.3 Å². The molecule has 25 heavy (non-hydrogen) atoms. The average Bonchev–Trinajstić information content (AvgIpc) is 2.76. The predicted molar refractivity (Wildman–Crippen MR) is 97.9 cm³/mol. The summed E-state index contributed by atoms with van der Waals surface area (Å²) in [7, 11) is -0.713. The van der Waals surface area contributed by atoms with Crippen LogP contribution in [0.15, 0.2) is 42.5 Å². The lowest BCUT2D eigenvalue weighted by atomic mass is 9.79. The van der Waals surface area contributed by atoms with Gasteiger partial charge in [-0.3, -0.25) is 0 Å². The molecule has 0 radical (unpaired) electrons. The Morgan fingerprint density at radius 3 is 2.24 bits per heavy atom. The molecule has 1 saturated heterocycles. The molecule has 3 nitrogen and oxygen atoms in total. The summed E-state index contributed by atoms with van der Waals surface area (Å²) in [5.41, 5.74) is 0.387. The zero-order valence-corrected chi connectivity index (χ0v) is 15.6. The first-order valence-electron chi connectivity index (χ1n) is 8.21. The second-order valence-electron chi connectivity index (χ2n) is 7.17. The normalized spacial score (nSPS) is 18.4. The second kappa shape index (κ2) is 6.63. The standard InChI is InChI=1S/C19H21BClFO3/c1-18(2)19(3,4)25-20(24-18)14-10-16(22)17(11-15(14)21)23-12-13-8-6-5-7-9-13/h5-11H,12H2,1-4H3. The lowest BCUT2D eigenvalue weighted by Gasteiger charge is -2.32. The van der Waals surface area contributed by atoms with Gasteiger partial charge in [-0.1, -0.05) is 41.9 Å². The zero-order chi connectivity index (χ0) is 18.2. The van der Waals surface area contributed by atoms with Gasteiger partial charge in [-0.2, -0.15) is 0 Å². The van der Waals surface area contributed by atoms with E-state index in [1.165, 1.54) is 12.1 Å². The molecule has 0 aliphatic carbocycles. The number of hydrogen-bond donors (Lipinski definition) is 0. The van der Waals surface area contributed by atoms with Gasteiger partial charge in [0, 0.05) is 16.6 Å². The summed E-state index contributed by atoms with van der Waals surface area (Å²) in [6.45, 7) is 8.02. The molecule has 6 heteroatoms. The molecule has 1 aliphatic heterocycles. The van der Waals surface area contributed by atoms with Crippen molar-refractivity contribution in [1.82, 2.24) is 0 Å². The Balaban J connectivity index is 1.79. The van der Waals surface area contributed by atoms with E-state index in [0.29, 0.717) is 10.5 Å². The molecular weight excluding hydrogens is 341 g/mol. The minimum Gasteiger partial charge on any atom is -0.486 e. The van der Waals surface area contributed by atoms with Gasteiger partial charge >= 0.3 is 7.12 Å². The van der Waals surface area contributed by atoms with E-state index in [2.05, 4.69) is 0 Å². The van der Waals surface area contributed by atoms with Gasteiger partial charge < -0.3 is 14.0 Å². The van der Waals surface area contributed by atoms with E-state index in [4.69, 9.17) is 25.6 Å². The van der Waals surface area contributed by atoms with E-state index >= 15 is 0 Å². The van der Waals surface area contributed by atoms with Gasteiger partial charge in [-0.25, -0.2) is 4.39 Å².